The molecule has 0 spiro atoms. The van der Waals surface area contributed by atoms with Crippen molar-refractivity contribution >= 4 is 70.1 Å². The fourth-order valence-electron chi connectivity index (χ4n) is 10.2. The van der Waals surface area contributed by atoms with Crippen LogP contribution in [-0.4, -0.2) is 0 Å². The number of anilines is 3. The van der Waals surface area contributed by atoms with Gasteiger partial charge in [0, 0.05) is 42.5 Å². The monoisotopic (exact) mass is 795 g/mol. The average molecular weight is 796 g/mol. The predicted molar refractivity (Wildman–Crippen MR) is 263 cm³/mol. The summed E-state index contributed by atoms with van der Waals surface area (Å²) in [5, 5.41) is 7.61. The van der Waals surface area contributed by atoms with Gasteiger partial charge in [-0.3, -0.25) is 0 Å². The van der Waals surface area contributed by atoms with E-state index in [2.05, 4.69) is 231 Å². The Hall–Kier alpha value is -7.26. The van der Waals surface area contributed by atoms with Crippen LogP contribution in [0.2, 0.25) is 0 Å². The standard InChI is InChI=1S/C59H41NS/c1-59(2)52-26-12-10-22-46(52)47-35-34-42(37-53(47)59)60(41-32-30-39(31-33-41)38-16-4-3-5-17-38)54-27-14-24-48(51-36-40-18-6-7-19-43(40)44-20-8-9-21-45(44)51)57(54)50-25-15-29-56-58(50)49-23-11-13-28-55(49)61-56/h3-37H,1-2H3. The van der Waals surface area contributed by atoms with Crippen molar-refractivity contribution < 1.29 is 0 Å². The van der Waals surface area contributed by atoms with E-state index < -0.39 is 0 Å². The second kappa shape index (κ2) is 13.9. The Bertz CT molecular complexity index is 3500. The molecule has 61 heavy (non-hydrogen) atoms. The summed E-state index contributed by atoms with van der Waals surface area (Å²) >= 11 is 1.88. The van der Waals surface area contributed by atoms with Gasteiger partial charge in [0.25, 0.3) is 0 Å². The largest absolute Gasteiger partial charge is 0.310 e. The van der Waals surface area contributed by atoms with Crippen molar-refractivity contribution in [2.24, 2.45) is 0 Å². The van der Waals surface area contributed by atoms with Gasteiger partial charge in [-0.1, -0.05) is 178 Å². The fourth-order valence-corrected chi connectivity index (χ4v) is 11.3. The third-order valence-corrected chi connectivity index (χ3v) is 14.2. The Morgan fingerprint density at radius 2 is 0.984 bits per heavy atom. The molecule has 0 saturated heterocycles. The van der Waals surface area contributed by atoms with E-state index in [4.69, 9.17) is 0 Å². The minimum Gasteiger partial charge on any atom is -0.310 e. The molecule has 10 aromatic carbocycles. The highest BCUT2D eigenvalue weighted by molar-refractivity contribution is 7.25. The molecule has 1 aromatic heterocycles. The van der Waals surface area contributed by atoms with Crippen LogP contribution in [0.5, 0.6) is 0 Å². The molecule has 0 N–H and O–H groups in total. The van der Waals surface area contributed by atoms with Crippen LogP contribution < -0.4 is 4.90 Å². The first-order chi connectivity index (χ1) is 30.0. The summed E-state index contributed by atoms with van der Waals surface area (Å²) < 4.78 is 2.59. The Kier molecular flexibility index (Phi) is 8.13. The molecule has 0 aliphatic heterocycles. The Balaban J connectivity index is 1.19. The number of thiophene rings is 1. The lowest BCUT2D eigenvalue weighted by molar-refractivity contribution is 0.660. The molecule has 0 saturated carbocycles. The van der Waals surface area contributed by atoms with Gasteiger partial charge in [0.1, 0.15) is 0 Å². The van der Waals surface area contributed by atoms with Gasteiger partial charge in [0.2, 0.25) is 0 Å². The average Bonchev–Trinajstić information content (AvgIpc) is 3.81. The van der Waals surface area contributed by atoms with Crippen molar-refractivity contribution in [3.05, 3.63) is 223 Å². The highest BCUT2D eigenvalue weighted by Crippen LogP contribution is 2.54. The molecule has 0 amide bonds. The third kappa shape index (κ3) is 5.60. The van der Waals surface area contributed by atoms with E-state index >= 15 is 0 Å². The number of hydrogen-bond acceptors (Lipinski definition) is 2. The second-order valence-electron chi connectivity index (χ2n) is 16.8. The zero-order valence-corrected chi connectivity index (χ0v) is 34.9. The van der Waals surface area contributed by atoms with E-state index in [9.17, 15) is 0 Å². The van der Waals surface area contributed by atoms with E-state index in [-0.39, 0.29) is 5.41 Å². The number of hydrogen-bond donors (Lipinski definition) is 0. The Labute approximate surface area is 360 Å². The first-order valence-corrected chi connectivity index (χ1v) is 22.0. The van der Waals surface area contributed by atoms with Crippen molar-refractivity contribution in [3.8, 4) is 44.5 Å². The SMILES string of the molecule is CC1(C)c2ccccc2-c2ccc(N(c3ccc(-c4ccccc4)cc3)c3cccc(-c4cc5ccccc5c5ccccc45)c3-c3cccc4sc5ccccc5c34)cc21. The summed E-state index contributed by atoms with van der Waals surface area (Å²) in [5.41, 5.74) is 15.9. The van der Waals surface area contributed by atoms with E-state index in [1.54, 1.807) is 0 Å². The number of nitrogens with zero attached hydrogens (tertiary/aromatic N) is 1. The lowest BCUT2D eigenvalue weighted by atomic mass is 9.82. The van der Waals surface area contributed by atoms with Crippen LogP contribution in [-0.2, 0) is 5.41 Å². The quantitative estimate of drug-likeness (QED) is 0.152. The smallest absolute Gasteiger partial charge is 0.0546 e. The molecule has 288 valence electrons. The molecule has 11 aromatic rings. The number of fused-ring (bicyclic) bond motifs is 9. The molecule has 2 heteroatoms. The molecule has 0 atom stereocenters. The van der Waals surface area contributed by atoms with Crippen LogP contribution in [0, 0.1) is 0 Å². The van der Waals surface area contributed by atoms with Crippen LogP contribution in [0.25, 0.3) is 86.2 Å². The summed E-state index contributed by atoms with van der Waals surface area (Å²) in [5.74, 6) is 0. The Morgan fingerprint density at radius 1 is 0.377 bits per heavy atom. The highest BCUT2D eigenvalue weighted by atomic mass is 32.1. The summed E-state index contributed by atoms with van der Waals surface area (Å²) in [6, 6.07) is 78.9. The molecule has 1 aliphatic carbocycles. The van der Waals surface area contributed by atoms with Crippen molar-refractivity contribution in [3.63, 3.8) is 0 Å². The maximum absolute atomic E-state index is 2.52. The van der Waals surface area contributed by atoms with E-state index in [1.807, 2.05) is 11.3 Å². The maximum Gasteiger partial charge on any atom is 0.0546 e. The van der Waals surface area contributed by atoms with Crippen molar-refractivity contribution in [1.82, 2.24) is 0 Å². The Morgan fingerprint density at radius 3 is 1.84 bits per heavy atom. The van der Waals surface area contributed by atoms with Crippen LogP contribution in [0.1, 0.15) is 25.0 Å². The third-order valence-electron chi connectivity index (χ3n) is 13.1. The minimum absolute atomic E-state index is 0.152. The first-order valence-electron chi connectivity index (χ1n) is 21.2. The molecule has 0 radical (unpaired) electrons. The molecular formula is C59H41NS. The molecular weight excluding hydrogens is 755 g/mol. The molecule has 12 rings (SSSR count). The zero-order chi connectivity index (χ0) is 40.7. The summed E-state index contributed by atoms with van der Waals surface area (Å²) in [6.45, 7) is 4.75. The van der Waals surface area contributed by atoms with Crippen LogP contribution in [0.3, 0.4) is 0 Å². The lowest BCUT2D eigenvalue weighted by Gasteiger charge is -2.31. The lowest BCUT2D eigenvalue weighted by Crippen LogP contribution is -2.17. The molecule has 1 nitrogen and oxygen atoms in total. The zero-order valence-electron chi connectivity index (χ0n) is 34.1. The van der Waals surface area contributed by atoms with Gasteiger partial charge in [0.15, 0.2) is 0 Å². The van der Waals surface area contributed by atoms with Crippen molar-refractivity contribution in [2.75, 3.05) is 4.90 Å². The van der Waals surface area contributed by atoms with Crippen molar-refractivity contribution in [1.29, 1.82) is 0 Å². The predicted octanol–water partition coefficient (Wildman–Crippen LogP) is 17.1. The van der Waals surface area contributed by atoms with Gasteiger partial charge in [-0.15, -0.1) is 11.3 Å². The number of benzene rings is 10. The topological polar surface area (TPSA) is 3.24 Å². The van der Waals surface area contributed by atoms with Gasteiger partial charge >= 0.3 is 0 Å². The second-order valence-corrected chi connectivity index (χ2v) is 17.9. The molecule has 0 unspecified atom stereocenters. The molecule has 0 bridgehead atoms. The summed E-state index contributed by atoms with van der Waals surface area (Å²) in [6.07, 6.45) is 0. The highest BCUT2D eigenvalue weighted by Gasteiger charge is 2.36. The maximum atomic E-state index is 2.52. The first kappa shape index (κ1) is 35.7. The number of rotatable bonds is 6. The minimum atomic E-state index is -0.152. The van der Waals surface area contributed by atoms with Crippen LogP contribution >= 0.6 is 11.3 Å². The van der Waals surface area contributed by atoms with Gasteiger partial charge in [-0.25, -0.2) is 0 Å². The van der Waals surface area contributed by atoms with E-state index in [1.165, 1.54) is 97.4 Å². The van der Waals surface area contributed by atoms with Gasteiger partial charge in [-0.2, -0.15) is 0 Å². The normalized spacial score (nSPS) is 12.9. The van der Waals surface area contributed by atoms with Gasteiger partial charge < -0.3 is 4.90 Å². The molecule has 1 heterocycles. The fraction of sp³-hybridized carbons (Fsp3) is 0.0508. The summed E-state index contributed by atoms with van der Waals surface area (Å²) in [4.78, 5) is 2.52. The molecule has 1 aliphatic rings. The van der Waals surface area contributed by atoms with E-state index in [0.717, 1.165) is 17.1 Å². The molecule has 0 fully saturated rings. The van der Waals surface area contributed by atoms with Gasteiger partial charge in [-0.05, 0) is 120 Å². The van der Waals surface area contributed by atoms with Crippen molar-refractivity contribution in [2.45, 2.75) is 19.3 Å². The van der Waals surface area contributed by atoms with Crippen LogP contribution in [0.4, 0.5) is 17.1 Å². The van der Waals surface area contributed by atoms with Crippen LogP contribution in [0.15, 0.2) is 212 Å². The van der Waals surface area contributed by atoms with E-state index in [0.29, 0.717) is 0 Å². The van der Waals surface area contributed by atoms with Gasteiger partial charge in [0.05, 0.1) is 5.69 Å². The summed E-state index contributed by atoms with van der Waals surface area (Å²) in [7, 11) is 0.